The molecule has 0 heterocycles. The Morgan fingerprint density at radius 3 is 2.30 bits per heavy atom. The highest BCUT2D eigenvalue weighted by Crippen LogP contribution is 2.40. The van der Waals surface area contributed by atoms with Crippen LogP contribution in [-0.4, -0.2) is 45.9 Å². The van der Waals surface area contributed by atoms with Crippen molar-refractivity contribution in [1.82, 2.24) is 4.47 Å². The Balaban J connectivity index is 1.98. The van der Waals surface area contributed by atoms with Gasteiger partial charge in [-0.3, -0.25) is 14.4 Å². The summed E-state index contributed by atoms with van der Waals surface area (Å²) in [5.41, 5.74) is -1.04. The number of nitrogens with zero attached hydrogens (tertiary/aromatic N) is 1. The lowest BCUT2D eigenvalue weighted by Gasteiger charge is -2.23. The molecule has 0 fully saturated rings. The Labute approximate surface area is 195 Å². The maximum Gasteiger partial charge on any atom is 0.269 e. The van der Waals surface area contributed by atoms with Crippen molar-refractivity contribution in [2.75, 3.05) is 38.5 Å². The van der Waals surface area contributed by atoms with Gasteiger partial charge in [-0.1, -0.05) is 46.4 Å². The Morgan fingerprint density at radius 2 is 1.70 bits per heavy atom. The van der Waals surface area contributed by atoms with Crippen molar-refractivity contribution < 1.29 is 23.1 Å². The first kappa shape index (κ1) is 24.7. The molecule has 0 aliphatic carbocycles. The molecule has 1 unspecified atom stereocenters. The molecule has 3 aromatic rings. The molecule has 33 heavy (non-hydrogen) atoms. The Hall–Kier alpha value is -2.96. The van der Waals surface area contributed by atoms with E-state index < -0.39 is 37.6 Å². The third kappa shape index (κ3) is 4.72. The Kier molecular flexibility index (Phi) is 7.40. The topological polar surface area (TPSA) is 134 Å². The zero-order chi connectivity index (χ0) is 24.3. The second-order valence-corrected chi connectivity index (χ2v) is 9.25. The van der Waals surface area contributed by atoms with Crippen LogP contribution in [0.3, 0.4) is 0 Å². The molecule has 3 N–H and O–H groups in total. The van der Waals surface area contributed by atoms with Crippen LogP contribution in [0.1, 0.15) is 11.6 Å². The maximum absolute atomic E-state index is 12.7. The van der Waals surface area contributed by atoms with Crippen LogP contribution in [0.25, 0.3) is 0 Å². The molecular formula is C21H22ClN3O7S. The number of nitrogens with one attached hydrogen (secondary N) is 2. The van der Waals surface area contributed by atoms with Gasteiger partial charge in [-0.2, -0.15) is 0 Å². The summed E-state index contributed by atoms with van der Waals surface area (Å²) >= 11 is 6.01. The van der Waals surface area contributed by atoms with Gasteiger partial charge in [0.1, 0.15) is 16.3 Å². The van der Waals surface area contributed by atoms with Crippen LogP contribution in [0.15, 0.2) is 56.9 Å². The molecular weight excluding hydrogens is 474 g/mol. The van der Waals surface area contributed by atoms with Gasteiger partial charge in [0.25, 0.3) is 20.9 Å². The summed E-state index contributed by atoms with van der Waals surface area (Å²) in [6.45, 7) is 0.209. The predicted octanol–water partition coefficient (Wildman–Crippen LogP) is 2.37. The number of benzene rings is 2. The van der Waals surface area contributed by atoms with E-state index >= 15 is 0 Å². The number of rotatable bonds is 10. The highest BCUT2D eigenvalue weighted by molar-refractivity contribution is 7.89. The maximum atomic E-state index is 12.7. The number of hydrogen-bond acceptors (Lipinski definition) is 9. The minimum Gasteiger partial charge on any atom is -0.504 e. The second kappa shape index (κ2) is 9.89. The molecule has 0 spiro atoms. The highest BCUT2D eigenvalue weighted by Gasteiger charge is 2.31. The standard InChI is InChI=1S/C21H22ClN3O7S/c1-25(32-3)33(29,30)21-13(22)9-10-14(18(21)26)23-16-17(20(28)19(16)27)24-15(11-31-2)12-7-5-4-6-8-12/h4-10,15,23-24,26H,11H2,1-3H3. The lowest BCUT2D eigenvalue weighted by molar-refractivity contribution is -0.0259. The quantitative estimate of drug-likeness (QED) is 0.220. The van der Waals surface area contributed by atoms with Gasteiger partial charge in [-0.05, 0) is 17.7 Å². The van der Waals surface area contributed by atoms with Gasteiger partial charge in [0, 0.05) is 14.2 Å². The van der Waals surface area contributed by atoms with E-state index in [2.05, 4.69) is 10.6 Å². The van der Waals surface area contributed by atoms with E-state index in [-0.39, 0.29) is 28.7 Å². The van der Waals surface area contributed by atoms with Crippen molar-refractivity contribution in [2.45, 2.75) is 10.9 Å². The van der Waals surface area contributed by atoms with E-state index in [1.165, 1.54) is 19.2 Å². The van der Waals surface area contributed by atoms with Gasteiger partial charge in [0.05, 0.1) is 30.5 Å². The molecule has 0 aliphatic rings. The van der Waals surface area contributed by atoms with Crippen LogP contribution >= 0.6 is 11.6 Å². The molecule has 0 aliphatic heterocycles. The fourth-order valence-electron chi connectivity index (χ4n) is 3.15. The summed E-state index contributed by atoms with van der Waals surface area (Å²) in [5, 5.41) is 16.0. The van der Waals surface area contributed by atoms with Crippen LogP contribution in [0.5, 0.6) is 5.75 Å². The molecule has 0 bridgehead atoms. The number of sulfonamides is 1. The fourth-order valence-corrected chi connectivity index (χ4v) is 4.72. The molecule has 0 saturated heterocycles. The molecule has 176 valence electrons. The normalized spacial score (nSPS) is 12.8. The van der Waals surface area contributed by atoms with Crippen LogP contribution < -0.4 is 21.5 Å². The van der Waals surface area contributed by atoms with E-state index in [1.807, 2.05) is 30.3 Å². The van der Waals surface area contributed by atoms with Crippen LogP contribution in [0.4, 0.5) is 17.1 Å². The summed E-state index contributed by atoms with van der Waals surface area (Å²) < 4.78 is 31.0. The van der Waals surface area contributed by atoms with Crippen molar-refractivity contribution >= 4 is 38.7 Å². The van der Waals surface area contributed by atoms with E-state index in [0.717, 1.165) is 19.7 Å². The largest absolute Gasteiger partial charge is 0.504 e. The SMILES string of the molecule is COCC(Nc1c(Nc2ccc(Cl)c(S(=O)(=O)N(C)OC)c2O)c(=O)c1=O)c1ccccc1. The molecule has 3 rings (SSSR count). The van der Waals surface area contributed by atoms with E-state index in [1.54, 1.807) is 0 Å². The zero-order valence-electron chi connectivity index (χ0n) is 18.0. The predicted molar refractivity (Wildman–Crippen MR) is 124 cm³/mol. The van der Waals surface area contributed by atoms with Crippen molar-refractivity contribution in [1.29, 1.82) is 0 Å². The molecule has 0 saturated carbocycles. The summed E-state index contributed by atoms with van der Waals surface area (Å²) in [7, 11) is -0.542. The molecule has 0 aromatic heterocycles. The van der Waals surface area contributed by atoms with Gasteiger partial charge in [-0.15, -0.1) is 0 Å². The Morgan fingerprint density at radius 1 is 1.06 bits per heavy atom. The summed E-state index contributed by atoms with van der Waals surface area (Å²) in [4.78, 5) is 28.6. The van der Waals surface area contributed by atoms with E-state index in [4.69, 9.17) is 21.2 Å². The van der Waals surface area contributed by atoms with Crippen molar-refractivity contribution in [3.8, 4) is 5.75 Å². The number of anilines is 3. The molecule has 12 heteroatoms. The first-order valence-corrected chi connectivity index (χ1v) is 11.4. The summed E-state index contributed by atoms with van der Waals surface area (Å²) in [6.07, 6.45) is 0. The van der Waals surface area contributed by atoms with Crippen molar-refractivity contribution in [3.63, 3.8) is 0 Å². The number of hydrogen-bond donors (Lipinski definition) is 3. The molecule has 0 radical (unpaired) electrons. The zero-order valence-corrected chi connectivity index (χ0v) is 19.5. The minimum atomic E-state index is -4.31. The number of hydroxylamine groups is 1. The number of aromatic hydroxyl groups is 1. The Bertz CT molecular complexity index is 1320. The second-order valence-electron chi connectivity index (χ2n) is 6.97. The lowest BCUT2D eigenvalue weighted by Crippen LogP contribution is -2.38. The van der Waals surface area contributed by atoms with Crippen LogP contribution in [0.2, 0.25) is 5.02 Å². The van der Waals surface area contributed by atoms with Gasteiger partial charge in [0.2, 0.25) is 0 Å². The highest BCUT2D eigenvalue weighted by atomic mass is 35.5. The average molecular weight is 496 g/mol. The summed E-state index contributed by atoms with van der Waals surface area (Å²) in [5.74, 6) is -0.734. The number of phenolic OH excluding ortho intramolecular Hbond substituents is 1. The third-order valence-corrected chi connectivity index (χ3v) is 7.14. The van der Waals surface area contributed by atoms with Gasteiger partial charge < -0.3 is 20.5 Å². The van der Waals surface area contributed by atoms with Gasteiger partial charge >= 0.3 is 0 Å². The van der Waals surface area contributed by atoms with Crippen LogP contribution in [-0.2, 0) is 19.6 Å². The monoisotopic (exact) mass is 495 g/mol. The molecule has 3 aromatic carbocycles. The minimum absolute atomic E-state index is 0.0151. The number of ether oxygens (including phenoxy) is 1. The first-order valence-electron chi connectivity index (χ1n) is 9.58. The summed E-state index contributed by atoms with van der Waals surface area (Å²) in [6, 6.07) is 11.2. The molecule has 10 nitrogen and oxygen atoms in total. The number of methoxy groups -OCH3 is 1. The van der Waals surface area contributed by atoms with Gasteiger partial charge in [-0.25, -0.2) is 8.42 Å². The lowest BCUT2D eigenvalue weighted by atomic mass is 10.1. The molecule has 1 atom stereocenters. The smallest absolute Gasteiger partial charge is 0.269 e. The van der Waals surface area contributed by atoms with E-state index in [9.17, 15) is 23.1 Å². The average Bonchev–Trinajstić information content (AvgIpc) is 2.81. The number of phenols is 1. The first-order chi connectivity index (χ1) is 15.6. The van der Waals surface area contributed by atoms with Crippen LogP contribution in [0, 0.1) is 0 Å². The molecule has 0 amide bonds. The van der Waals surface area contributed by atoms with Gasteiger partial charge in [0.15, 0.2) is 5.75 Å². The number of halogens is 1. The van der Waals surface area contributed by atoms with E-state index in [0.29, 0.717) is 4.47 Å². The third-order valence-electron chi connectivity index (χ3n) is 4.96. The fraction of sp³-hybridized carbons (Fsp3) is 0.238. The van der Waals surface area contributed by atoms with Crippen molar-refractivity contribution in [3.05, 3.63) is 73.5 Å². The van der Waals surface area contributed by atoms with Crippen molar-refractivity contribution in [2.24, 2.45) is 0 Å².